The highest BCUT2D eigenvalue weighted by Gasteiger charge is 2.84. The minimum atomic E-state index is -1.93. The number of hydrogen-bond acceptors (Lipinski definition) is 6. The number of aliphatic hydroxyl groups excluding tert-OH is 2. The zero-order chi connectivity index (χ0) is 20.3. The molecule has 1 aliphatic heterocycles. The van der Waals surface area contributed by atoms with Gasteiger partial charge in [0.1, 0.15) is 29.6 Å². The molecule has 0 aromatic heterocycles. The van der Waals surface area contributed by atoms with E-state index in [9.17, 15) is 24.9 Å². The Bertz CT molecular complexity index is 772. The lowest BCUT2D eigenvalue weighted by Gasteiger charge is -2.64. The molecule has 156 valence electrons. The van der Waals surface area contributed by atoms with Crippen LogP contribution in [0.4, 0.5) is 4.39 Å². The van der Waals surface area contributed by atoms with Gasteiger partial charge in [0.2, 0.25) is 0 Å². The van der Waals surface area contributed by atoms with E-state index in [0.717, 1.165) is 0 Å². The molecule has 7 heteroatoms. The first-order valence-corrected chi connectivity index (χ1v) is 10.5. The van der Waals surface area contributed by atoms with Crippen LogP contribution in [0.2, 0.25) is 0 Å². The van der Waals surface area contributed by atoms with Gasteiger partial charge in [-0.3, -0.25) is 9.59 Å². The van der Waals surface area contributed by atoms with Crippen molar-refractivity contribution >= 4 is 11.6 Å². The molecule has 3 unspecified atom stereocenters. The summed E-state index contributed by atoms with van der Waals surface area (Å²) in [5.41, 5.74) is -6.45. The lowest BCUT2D eigenvalue weighted by molar-refractivity contribution is -0.254. The molecular weight excluding hydrogens is 367 g/mol. The van der Waals surface area contributed by atoms with Crippen LogP contribution in [0.25, 0.3) is 0 Å². The number of alkyl halides is 1. The van der Waals surface area contributed by atoms with E-state index in [4.69, 9.17) is 4.74 Å². The number of ketones is 2. The van der Waals surface area contributed by atoms with Crippen LogP contribution in [-0.2, 0) is 14.3 Å². The molecule has 5 aliphatic rings. The smallest absolute Gasteiger partial charge is 0.190 e. The van der Waals surface area contributed by atoms with Crippen molar-refractivity contribution in [2.24, 2.45) is 22.7 Å². The summed E-state index contributed by atoms with van der Waals surface area (Å²) in [5, 5.41) is 31.7. The third-order valence-electron chi connectivity index (χ3n) is 9.78. The minimum absolute atomic E-state index is 0.0263. The van der Waals surface area contributed by atoms with Crippen LogP contribution >= 0.6 is 0 Å². The largest absolute Gasteiger partial charge is 0.390 e. The fraction of sp³-hybridized carbons (Fsp3) is 0.905. The second kappa shape index (κ2) is 5.23. The van der Waals surface area contributed by atoms with E-state index in [1.807, 2.05) is 6.92 Å². The van der Waals surface area contributed by atoms with Crippen molar-refractivity contribution in [3.8, 4) is 0 Å². The van der Waals surface area contributed by atoms with Crippen LogP contribution in [-0.4, -0.2) is 62.6 Å². The molecule has 1 spiro atoms. The van der Waals surface area contributed by atoms with Gasteiger partial charge in [-0.15, -0.1) is 0 Å². The Morgan fingerprint density at radius 3 is 2.57 bits per heavy atom. The zero-order valence-electron chi connectivity index (χ0n) is 16.4. The topological polar surface area (TPSA) is 107 Å². The molecule has 4 aliphatic carbocycles. The van der Waals surface area contributed by atoms with E-state index in [1.54, 1.807) is 6.92 Å². The van der Waals surface area contributed by atoms with E-state index in [2.05, 4.69) is 0 Å². The predicted octanol–water partition coefficient (Wildman–Crippen LogP) is 1.08. The average Bonchev–Trinajstić information content (AvgIpc) is 3.35. The van der Waals surface area contributed by atoms with Crippen molar-refractivity contribution in [1.82, 2.24) is 0 Å². The molecule has 1 heterocycles. The fourth-order valence-electron chi connectivity index (χ4n) is 8.10. The molecule has 5 fully saturated rings. The van der Waals surface area contributed by atoms with Gasteiger partial charge < -0.3 is 20.1 Å². The normalized spacial score (nSPS) is 59.7. The predicted molar refractivity (Wildman–Crippen MR) is 95.0 cm³/mol. The summed E-state index contributed by atoms with van der Waals surface area (Å²) < 4.78 is 22.9. The van der Waals surface area contributed by atoms with Crippen LogP contribution < -0.4 is 0 Å². The Hall–Kier alpha value is -0.890. The number of aliphatic hydroxyl groups is 3. The third-order valence-corrected chi connectivity index (χ3v) is 9.78. The standard InChI is InChI=1S/C21H29FO6/c1-17-9-14(25)21(22)12(11(17)3-7-19(17,27)15(26)10-23)4-8-20-16(28-20)13(24)5-6-18(20,21)2/h11-12,14,16,23,25,27H,3-10H2,1-2H3/t11-,12-,14-,16?,17-,18-,19-,20?,21?/m0/s1. The summed E-state index contributed by atoms with van der Waals surface area (Å²) in [7, 11) is 0. The molecule has 0 amide bonds. The van der Waals surface area contributed by atoms with Crippen molar-refractivity contribution in [3.63, 3.8) is 0 Å². The Morgan fingerprint density at radius 2 is 1.89 bits per heavy atom. The highest BCUT2D eigenvalue weighted by atomic mass is 19.1. The summed E-state index contributed by atoms with van der Waals surface area (Å²) in [6, 6.07) is 0. The molecule has 0 radical (unpaired) electrons. The maximum absolute atomic E-state index is 17.0. The molecule has 1 saturated heterocycles. The van der Waals surface area contributed by atoms with Crippen LogP contribution in [0, 0.1) is 22.7 Å². The van der Waals surface area contributed by atoms with E-state index in [1.165, 1.54) is 0 Å². The third kappa shape index (κ3) is 1.72. The first kappa shape index (κ1) is 19.1. The van der Waals surface area contributed by atoms with Gasteiger partial charge in [-0.05, 0) is 50.4 Å². The molecule has 9 atom stereocenters. The number of ether oxygens (including phenoxy) is 1. The van der Waals surface area contributed by atoms with Gasteiger partial charge in [-0.25, -0.2) is 4.39 Å². The molecule has 3 N–H and O–H groups in total. The van der Waals surface area contributed by atoms with Crippen molar-refractivity contribution in [2.45, 2.75) is 87.9 Å². The van der Waals surface area contributed by atoms with Gasteiger partial charge in [0.15, 0.2) is 11.6 Å². The minimum Gasteiger partial charge on any atom is -0.390 e. The van der Waals surface area contributed by atoms with Gasteiger partial charge >= 0.3 is 0 Å². The molecule has 4 saturated carbocycles. The first-order valence-electron chi connectivity index (χ1n) is 10.5. The lowest BCUT2D eigenvalue weighted by Crippen LogP contribution is -2.73. The van der Waals surface area contributed by atoms with Crippen molar-refractivity contribution in [1.29, 1.82) is 0 Å². The summed E-state index contributed by atoms with van der Waals surface area (Å²) >= 11 is 0. The summed E-state index contributed by atoms with van der Waals surface area (Å²) in [5.74, 6) is -1.41. The van der Waals surface area contributed by atoms with E-state index in [0.29, 0.717) is 25.7 Å². The summed E-state index contributed by atoms with van der Waals surface area (Å²) in [6.45, 7) is 2.81. The second-order valence-corrected chi connectivity index (χ2v) is 10.3. The molecule has 0 aromatic rings. The van der Waals surface area contributed by atoms with Gasteiger partial charge in [0.05, 0.1) is 6.10 Å². The summed E-state index contributed by atoms with van der Waals surface area (Å²) in [6.07, 6.45) is 0.293. The van der Waals surface area contributed by atoms with Gasteiger partial charge in [-0.1, -0.05) is 13.8 Å². The number of rotatable bonds is 2. The maximum atomic E-state index is 17.0. The van der Waals surface area contributed by atoms with Crippen LogP contribution in [0.1, 0.15) is 58.8 Å². The van der Waals surface area contributed by atoms with Crippen LogP contribution in [0.15, 0.2) is 0 Å². The summed E-state index contributed by atoms with van der Waals surface area (Å²) in [4.78, 5) is 24.6. The van der Waals surface area contributed by atoms with E-state index >= 15 is 4.39 Å². The number of Topliss-reactive ketones (excluding diaryl/α,β-unsaturated/α-hetero) is 2. The second-order valence-electron chi connectivity index (χ2n) is 10.3. The Morgan fingerprint density at radius 1 is 1.21 bits per heavy atom. The van der Waals surface area contributed by atoms with Crippen LogP contribution in [0.3, 0.4) is 0 Å². The number of fused-ring (bicyclic) bond motifs is 4. The molecule has 28 heavy (non-hydrogen) atoms. The number of halogens is 1. The van der Waals surface area contributed by atoms with Gasteiger partial charge in [0.25, 0.3) is 0 Å². The Kier molecular flexibility index (Phi) is 3.57. The van der Waals surface area contributed by atoms with E-state index < -0.39 is 58.2 Å². The molecule has 5 rings (SSSR count). The van der Waals surface area contributed by atoms with Crippen molar-refractivity contribution in [3.05, 3.63) is 0 Å². The number of epoxide rings is 1. The van der Waals surface area contributed by atoms with Crippen molar-refractivity contribution < 1.29 is 34.0 Å². The van der Waals surface area contributed by atoms with E-state index in [-0.39, 0.29) is 31.0 Å². The maximum Gasteiger partial charge on any atom is 0.190 e. The molecular formula is C21H29FO6. The zero-order valence-corrected chi connectivity index (χ0v) is 16.4. The number of carbonyl (C=O) groups is 2. The average molecular weight is 396 g/mol. The lowest BCUT2D eigenvalue weighted by atomic mass is 9.41. The fourth-order valence-corrected chi connectivity index (χ4v) is 8.10. The van der Waals surface area contributed by atoms with Gasteiger partial charge in [0, 0.05) is 17.3 Å². The van der Waals surface area contributed by atoms with Gasteiger partial charge in [-0.2, -0.15) is 0 Å². The SMILES string of the molecule is C[C@]12CCC(=O)C3OC31CC[C@H]1[C@@H]3CC[C@](O)(C(=O)CO)[C@@]3(C)C[C@H](O)C12F. The highest BCUT2D eigenvalue weighted by Crippen LogP contribution is 2.75. The van der Waals surface area contributed by atoms with Crippen LogP contribution in [0.5, 0.6) is 0 Å². The first-order chi connectivity index (χ1) is 13.0. The number of carbonyl (C=O) groups excluding carboxylic acids is 2. The Labute approximate surface area is 163 Å². The molecule has 6 nitrogen and oxygen atoms in total. The molecule has 0 bridgehead atoms. The molecule has 0 aromatic carbocycles. The highest BCUT2D eigenvalue weighted by molar-refractivity contribution is 5.90. The quantitative estimate of drug-likeness (QED) is 0.603. The Balaban J connectivity index is 1.59. The monoisotopic (exact) mass is 396 g/mol. The number of hydrogen-bond donors (Lipinski definition) is 3. The van der Waals surface area contributed by atoms with Crippen molar-refractivity contribution in [2.75, 3.05) is 6.61 Å².